The maximum absolute atomic E-state index is 6.17. The zero-order valence-corrected chi connectivity index (χ0v) is 13.8. The Balaban J connectivity index is 1.90. The molecular formula is C14H28N2OS2. The van der Waals surface area contributed by atoms with Crippen LogP contribution in [0.25, 0.3) is 0 Å². The SMILES string of the molecule is CC(C)SCC(NN)C1CCOC2(CCSCC2)C1. The van der Waals surface area contributed by atoms with E-state index in [1.54, 1.807) is 0 Å². The third kappa shape index (κ3) is 4.53. The van der Waals surface area contributed by atoms with E-state index < -0.39 is 0 Å². The second-order valence-electron chi connectivity index (χ2n) is 6.05. The Hall–Kier alpha value is 0.580. The Kier molecular flexibility index (Phi) is 6.34. The highest BCUT2D eigenvalue weighted by Gasteiger charge is 2.40. The van der Waals surface area contributed by atoms with Crippen LogP contribution in [-0.4, -0.2) is 40.8 Å². The predicted octanol–water partition coefficient (Wildman–Crippen LogP) is 2.65. The van der Waals surface area contributed by atoms with Crippen molar-refractivity contribution in [3.8, 4) is 0 Å². The molecule has 0 aromatic heterocycles. The van der Waals surface area contributed by atoms with Crippen molar-refractivity contribution in [2.75, 3.05) is 23.9 Å². The van der Waals surface area contributed by atoms with Crippen molar-refractivity contribution in [2.24, 2.45) is 11.8 Å². The number of ether oxygens (including phenoxy) is 1. The lowest BCUT2D eigenvalue weighted by Gasteiger charge is -2.45. The molecule has 2 rings (SSSR count). The predicted molar refractivity (Wildman–Crippen MR) is 86.7 cm³/mol. The number of rotatable bonds is 5. The van der Waals surface area contributed by atoms with Crippen molar-refractivity contribution in [3.63, 3.8) is 0 Å². The van der Waals surface area contributed by atoms with Crippen molar-refractivity contribution in [3.05, 3.63) is 0 Å². The normalized spacial score (nSPS) is 28.7. The molecule has 0 aromatic rings. The van der Waals surface area contributed by atoms with E-state index in [0.29, 0.717) is 17.2 Å². The second-order valence-corrected chi connectivity index (χ2v) is 8.89. The molecule has 2 aliphatic heterocycles. The first-order valence-corrected chi connectivity index (χ1v) is 9.65. The highest BCUT2D eigenvalue weighted by atomic mass is 32.2. The van der Waals surface area contributed by atoms with Gasteiger partial charge in [-0.15, -0.1) is 0 Å². The number of hydrazine groups is 1. The molecule has 2 aliphatic rings. The molecule has 2 saturated heterocycles. The summed E-state index contributed by atoms with van der Waals surface area (Å²) in [6, 6.07) is 0.433. The first-order valence-electron chi connectivity index (χ1n) is 7.45. The fraction of sp³-hybridized carbons (Fsp3) is 1.00. The summed E-state index contributed by atoms with van der Waals surface area (Å²) in [5.74, 6) is 10.1. The van der Waals surface area contributed by atoms with Crippen LogP contribution in [-0.2, 0) is 4.74 Å². The third-order valence-electron chi connectivity index (χ3n) is 4.33. The van der Waals surface area contributed by atoms with Gasteiger partial charge in [0.15, 0.2) is 0 Å². The topological polar surface area (TPSA) is 47.3 Å². The zero-order valence-electron chi connectivity index (χ0n) is 12.2. The maximum Gasteiger partial charge on any atom is 0.0701 e. The molecule has 3 nitrogen and oxygen atoms in total. The lowest BCUT2D eigenvalue weighted by atomic mass is 9.79. The molecule has 2 unspecified atom stereocenters. The lowest BCUT2D eigenvalue weighted by molar-refractivity contribution is -0.106. The van der Waals surface area contributed by atoms with Gasteiger partial charge in [0, 0.05) is 18.4 Å². The highest BCUT2D eigenvalue weighted by molar-refractivity contribution is 7.99. The van der Waals surface area contributed by atoms with Crippen molar-refractivity contribution in [2.45, 2.75) is 56.4 Å². The van der Waals surface area contributed by atoms with E-state index in [-0.39, 0.29) is 5.60 Å². The van der Waals surface area contributed by atoms with Crippen molar-refractivity contribution in [1.29, 1.82) is 0 Å². The fourth-order valence-corrected chi connectivity index (χ4v) is 5.31. The van der Waals surface area contributed by atoms with Gasteiger partial charge in [0.05, 0.1) is 5.60 Å². The molecule has 0 amide bonds. The minimum Gasteiger partial charge on any atom is -0.375 e. The van der Waals surface area contributed by atoms with Gasteiger partial charge in [-0.1, -0.05) is 13.8 Å². The van der Waals surface area contributed by atoms with Gasteiger partial charge in [-0.05, 0) is 48.4 Å². The van der Waals surface area contributed by atoms with Crippen LogP contribution in [0.2, 0.25) is 0 Å². The second kappa shape index (κ2) is 7.55. The van der Waals surface area contributed by atoms with Crippen molar-refractivity contribution in [1.82, 2.24) is 5.43 Å². The molecule has 1 spiro atoms. The summed E-state index contributed by atoms with van der Waals surface area (Å²) in [5.41, 5.74) is 3.24. The van der Waals surface area contributed by atoms with Gasteiger partial charge in [0.2, 0.25) is 0 Å². The molecule has 0 radical (unpaired) electrons. The van der Waals surface area contributed by atoms with Crippen molar-refractivity contribution < 1.29 is 4.74 Å². The van der Waals surface area contributed by atoms with E-state index in [9.17, 15) is 0 Å². The van der Waals surface area contributed by atoms with Crippen LogP contribution in [0.3, 0.4) is 0 Å². The van der Waals surface area contributed by atoms with Crippen molar-refractivity contribution >= 4 is 23.5 Å². The summed E-state index contributed by atoms with van der Waals surface area (Å²) in [5, 5.41) is 0.677. The van der Waals surface area contributed by atoms with Crippen LogP contribution >= 0.6 is 23.5 Å². The average molecular weight is 305 g/mol. The molecule has 2 heterocycles. The third-order valence-corrected chi connectivity index (χ3v) is 6.53. The molecule has 19 heavy (non-hydrogen) atoms. The summed E-state index contributed by atoms with van der Waals surface area (Å²) >= 11 is 4.07. The van der Waals surface area contributed by atoms with Gasteiger partial charge in [-0.2, -0.15) is 23.5 Å². The van der Waals surface area contributed by atoms with Crippen LogP contribution < -0.4 is 11.3 Å². The monoisotopic (exact) mass is 304 g/mol. The Morgan fingerprint density at radius 1 is 1.42 bits per heavy atom. The molecule has 0 aromatic carbocycles. The number of nitrogens with one attached hydrogen (secondary N) is 1. The number of hydrogen-bond donors (Lipinski definition) is 2. The van der Waals surface area contributed by atoms with Crippen LogP contribution in [0, 0.1) is 5.92 Å². The van der Waals surface area contributed by atoms with E-state index in [4.69, 9.17) is 10.6 Å². The van der Waals surface area contributed by atoms with Gasteiger partial charge >= 0.3 is 0 Å². The minimum absolute atomic E-state index is 0.172. The highest BCUT2D eigenvalue weighted by Crippen LogP contribution is 2.41. The Morgan fingerprint density at radius 3 is 2.79 bits per heavy atom. The molecule has 0 bridgehead atoms. The molecule has 112 valence electrons. The van der Waals surface area contributed by atoms with E-state index in [2.05, 4.69) is 31.0 Å². The van der Waals surface area contributed by atoms with Gasteiger partial charge in [-0.3, -0.25) is 11.3 Å². The molecule has 3 N–H and O–H groups in total. The van der Waals surface area contributed by atoms with Gasteiger partial charge in [-0.25, -0.2) is 0 Å². The molecule has 2 atom stereocenters. The largest absolute Gasteiger partial charge is 0.375 e. The number of thioether (sulfide) groups is 2. The summed E-state index contributed by atoms with van der Waals surface area (Å²) in [6.07, 6.45) is 4.80. The smallest absolute Gasteiger partial charge is 0.0701 e. The first kappa shape index (κ1) is 16.0. The fourth-order valence-electron chi connectivity index (χ4n) is 3.12. The molecule has 0 aliphatic carbocycles. The van der Waals surface area contributed by atoms with Crippen LogP contribution in [0.15, 0.2) is 0 Å². The standard InChI is InChI=1S/C14H28N2OS2/c1-11(2)19-10-13(16-15)12-3-6-17-14(9-12)4-7-18-8-5-14/h11-13,16H,3-10,15H2,1-2H3. The van der Waals surface area contributed by atoms with E-state index >= 15 is 0 Å². The van der Waals surface area contributed by atoms with E-state index in [1.807, 2.05) is 11.8 Å². The molecule has 5 heteroatoms. The lowest BCUT2D eigenvalue weighted by Crippen LogP contribution is -2.51. The van der Waals surface area contributed by atoms with Crippen LogP contribution in [0.1, 0.15) is 39.5 Å². The van der Waals surface area contributed by atoms with Gasteiger partial charge in [0.25, 0.3) is 0 Å². The summed E-state index contributed by atoms with van der Waals surface area (Å²) in [6.45, 7) is 5.42. The van der Waals surface area contributed by atoms with Gasteiger partial charge < -0.3 is 4.74 Å². The van der Waals surface area contributed by atoms with Gasteiger partial charge in [0.1, 0.15) is 0 Å². The number of hydrogen-bond acceptors (Lipinski definition) is 5. The van der Waals surface area contributed by atoms with Crippen LogP contribution in [0.5, 0.6) is 0 Å². The zero-order chi connectivity index (χ0) is 13.7. The summed E-state index contributed by atoms with van der Waals surface area (Å²) in [7, 11) is 0. The Morgan fingerprint density at radius 2 is 2.16 bits per heavy atom. The Bertz CT molecular complexity index is 265. The molecular weight excluding hydrogens is 276 g/mol. The van der Waals surface area contributed by atoms with E-state index in [0.717, 1.165) is 18.8 Å². The average Bonchev–Trinajstić information content (AvgIpc) is 2.40. The summed E-state index contributed by atoms with van der Waals surface area (Å²) in [4.78, 5) is 0. The molecule has 2 fully saturated rings. The quantitative estimate of drug-likeness (QED) is 0.604. The first-order chi connectivity index (χ1) is 9.15. The maximum atomic E-state index is 6.17. The Labute approximate surface area is 126 Å². The minimum atomic E-state index is 0.172. The van der Waals surface area contributed by atoms with E-state index in [1.165, 1.54) is 30.8 Å². The van der Waals surface area contributed by atoms with Crippen LogP contribution in [0.4, 0.5) is 0 Å². The number of nitrogens with two attached hydrogens (primary N) is 1. The molecule has 0 saturated carbocycles. The summed E-state index contributed by atoms with van der Waals surface area (Å²) < 4.78 is 6.17.